The third-order valence-corrected chi connectivity index (χ3v) is 2.90. The average molecular weight is 238 g/mol. The van der Waals surface area contributed by atoms with E-state index in [1.807, 2.05) is 24.3 Å². The molecule has 84 valence electrons. The number of carbonyl (C=O) groups is 2. The normalized spacial score (nSPS) is 15.9. The minimum atomic E-state index is -0.0565. The number of rotatable bonds is 3. The number of carbonyl (C=O) groups excluding carboxylic acids is 2. The molecule has 1 heterocycles. The molecule has 0 saturated carbocycles. The number of Topliss-reactive ketones (excluding diaryl/α,β-unsaturated/α-hetero) is 1. The van der Waals surface area contributed by atoms with Crippen LogP contribution in [0.15, 0.2) is 24.3 Å². The van der Waals surface area contributed by atoms with E-state index in [2.05, 4.69) is 0 Å². The largest absolute Gasteiger partial charge is 0.335 e. The van der Waals surface area contributed by atoms with Crippen LogP contribution < -0.4 is 0 Å². The van der Waals surface area contributed by atoms with Gasteiger partial charge >= 0.3 is 0 Å². The van der Waals surface area contributed by atoms with E-state index in [-0.39, 0.29) is 24.7 Å². The predicted molar refractivity (Wildman–Crippen MR) is 61.4 cm³/mol. The number of halogens is 1. The van der Waals surface area contributed by atoms with E-state index < -0.39 is 0 Å². The highest BCUT2D eigenvalue weighted by Crippen LogP contribution is 2.12. The van der Waals surface area contributed by atoms with Crippen LogP contribution in [0.1, 0.15) is 12.0 Å². The van der Waals surface area contributed by atoms with Gasteiger partial charge in [-0.25, -0.2) is 0 Å². The van der Waals surface area contributed by atoms with Crippen LogP contribution in [0, 0.1) is 0 Å². The Morgan fingerprint density at radius 3 is 2.44 bits per heavy atom. The maximum Gasteiger partial charge on any atom is 0.230 e. The summed E-state index contributed by atoms with van der Waals surface area (Å²) in [6, 6.07) is 7.52. The van der Waals surface area contributed by atoms with Gasteiger partial charge in [-0.3, -0.25) is 9.59 Å². The molecule has 1 fully saturated rings. The molecule has 1 saturated heterocycles. The lowest BCUT2D eigenvalue weighted by atomic mass is 10.1. The number of ketones is 1. The van der Waals surface area contributed by atoms with Gasteiger partial charge in [-0.05, 0) is 24.1 Å². The fourth-order valence-electron chi connectivity index (χ4n) is 1.76. The molecule has 0 N–H and O–H groups in total. The van der Waals surface area contributed by atoms with Crippen molar-refractivity contribution in [3.63, 3.8) is 0 Å². The summed E-state index contributed by atoms with van der Waals surface area (Å²) >= 11 is 5.77. The zero-order valence-corrected chi connectivity index (χ0v) is 9.54. The number of hydrogen-bond acceptors (Lipinski definition) is 2. The summed E-state index contributed by atoms with van der Waals surface area (Å²) < 4.78 is 0. The standard InChI is InChI=1S/C12H12ClNO2/c13-10-3-1-9(2-4-10)5-6-14-8-11(15)7-12(14)16/h1-4H,5-8H2. The number of benzene rings is 1. The van der Waals surface area contributed by atoms with Crippen LogP contribution >= 0.6 is 11.6 Å². The van der Waals surface area contributed by atoms with Crippen molar-refractivity contribution in [2.75, 3.05) is 13.1 Å². The topological polar surface area (TPSA) is 37.4 Å². The molecule has 0 unspecified atom stereocenters. The first-order valence-corrected chi connectivity index (χ1v) is 5.57. The third kappa shape index (κ3) is 2.61. The molecule has 0 bridgehead atoms. The number of nitrogens with zero attached hydrogens (tertiary/aromatic N) is 1. The highest BCUT2D eigenvalue weighted by atomic mass is 35.5. The molecule has 0 atom stereocenters. The molecule has 0 radical (unpaired) electrons. The zero-order valence-electron chi connectivity index (χ0n) is 8.78. The summed E-state index contributed by atoms with van der Waals surface area (Å²) in [5.74, 6) is -0.0416. The summed E-state index contributed by atoms with van der Waals surface area (Å²) in [5.41, 5.74) is 1.12. The van der Waals surface area contributed by atoms with E-state index in [1.54, 1.807) is 4.90 Å². The highest BCUT2D eigenvalue weighted by Gasteiger charge is 2.26. The number of hydrogen-bond donors (Lipinski definition) is 0. The minimum Gasteiger partial charge on any atom is -0.335 e. The SMILES string of the molecule is O=C1CC(=O)N(CCc2ccc(Cl)cc2)C1. The Kier molecular flexibility index (Phi) is 3.25. The van der Waals surface area contributed by atoms with Gasteiger partial charge in [0, 0.05) is 11.6 Å². The van der Waals surface area contributed by atoms with Gasteiger partial charge in [0.25, 0.3) is 0 Å². The molecule has 1 aliphatic heterocycles. The number of amides is 1. The molecule has 4 heteroatoms. The fourth-order valence-corrected chi connectivity index (χ4v) is 1.88. The molecule has 0 aromatic heterocycles. The minimum absolute atomic E-state index is 0.0149. The van der Waals surface area contributed by atoms with Gasteiger partial charge in [-0.2, -0.15) is 0 Å². The van der Waals surface area contributed by atoms with Crippen LogP contribution in [0.25, 0.3) is 0 Å². The summed E-state index contributed by atoms with van der Waals surface area (Å²) in [6.07, 6.45) is 0.830. The van der Waals surface area contributed by atoms with Gasteiger partial charge in [0.1, 0.15) is 0 Å². The van der Waals surface area contributed by atoms with Gasteiger partial charge in [-0.1, -0.05) is 23.7 Å². The lowest BCUT2D eigenvalue weighted by molar-refractivity contribution is -0.127. The van der Waals surface area contributed by atoms with E-state index in [0.29, 0.717) is 11.6 Å². The van der Waals surface area contributed by atoms with Crippen molar-refractivity contribution in [1.82, 2.24) is 4.90 Å². The Bertz CT molecular complexity index is 414. The molecular formula is C12H12ClNO2. The Morgan fingerprint density at radius 2 is 1.88 bits per heavy atom. The quantitative estimate of drug-likeness (QED) is 0.751. The highest BCUT2D eigenvalue weighted by molar-refractivity contribution is 6.30. The molecule has 0 aliphatic carbocycles. The molecule has 1 aromatic carbocycles. The maximum absolute atomic E-state index is 11.3. The summed E-state index contributed by atoms with van der Waals surface area (Å²) in [4.78, 5) is 24.0. The van der Waals surface area contributed by atoms with Gasteiger partial charge < -0.3 is 4.90 Å². The average Bonchev–Trinajstić information content (AvgIpc) is 2.57. The molecule has 0 spiro atoms. The summed E-state index contributed by atoms with van der Waals surface area (Å²) in [7, 11) is 0. The van der Waals surface area contributed by atoms with Crippen LogP contribution in [0.4, 0.5) is 0 Å². The fraction of sp³-hybridized carbons (Fsp3) is 0.333. The van der Waals surface area contributed by atoms with E-state index in [9.17, 15) is 9.59 Å². The second kappa shape index (κ2) is 4.66. The summed E-state index contributed by atoms with van der Waals surface area (Å²) in [6.45, 7) is 0.874. The lowest BCUT2D eigenvalue weighted by Gasteiger charge is -2.14. The van der Waals surface area contributed by atoms with Crippen molar-refractivity contribution in [2.24, 2.45) is 0 Å². The van der Waals surface area contributed by atoms with Gasteiger partial charge in [-0.15, -0.1) is 0 Å². The van der Waals surface area contributed by atoms with Gasteiger partial charge in [0.15, 0.2) is 5.78 Å². The predicted octanol–water partition coefficient (Wildman–Crippen LogP) is 1.68. The first-order valence-electron chi connectivity index (χ1n) is 5.19. The first-order chi connectivity index (χ1) is 7.65. The monoisotopic (exact) mass is 237 g/mol. The van der Waals surface area contributed by atoms with Crippen LogP contribution in [0.2, 0.25) is 5.02 Å². The smallest absolute Gasteiger partial charge is 0.230 e. The second-order valence-electron chi connectivity index (χ2n) is 3.91. The van der Waals surface area contributed by atoms with Crippen molar-refractivity contribution in [3.05, 3.63) is 34.9 Å². The third-order valence-electron chi connectivity index (χ3n) is 2.65. The van der Waals surface area contributed by atoms with Crippen molar-refractivity contribution in [3.8, 4) is 0 Å². The Morgan fingerprint density at radius 1 is 1.19 bits per heavy atom. The molecule has 1 aromatic rings. The van der Waals surface area contributed by atoms with Crippen LogP contribution in [0.5, 0.6) is 0 Å². The maximum atomic E-state index is 11.3. The van der Waals surface area contributed by atoms with Gasteiger partial charge in [0.2, 0.25) is 5.91 Å². The second-order valence-corrected chi connectivity index (χ2v) is 4.34. The van der Waals surface area contributed by atoms with Crippen LogP contribution in [0.3, 0.4) is 0 Å². The molecule has 2 rings (SSSR count). The van der Waals surface area contributed by atoms with Crippen molar-refractivity contribution in [1.29, 1.82) is 0 Å². The Balaban J connectivity index is 1.90. The number of likely N-dealkylation sites (tertiary alicyclic amines) is 1. The Labute approximate surface area is 99.0 Å². The summed E-state index contributed by atoms with van der Waals surface area (Å²) in [5, 5.41) is 0.705. The first kappa shape index (κ1) is 11.1. The van der Waals surface area contributed by atoms with E-state index in [0.717, 1.165) is 12.0 Å². The molecule has 1 amide bonds. The Hall–Kier alpha value is -1.35. The van der Waals surface area contributed by atoms with E-state index in [4.69, 9.17) is 11.6 Å². The van der Waals surface area contributed by atoms with Crippen LogP contribution in [-0.4, -0.2) is 29.7 Å². The molecule has 16 heavy (non-hydrogen) atoms. The van der Waals surface area contributed by atoms with Crippen LogP contribution in [-0.2, 0) is 16.0 Å². The van der Waals surface area contributed by atoms with Crippen molar-refractivity contribution in [2.45, 2.75) is 12.8 Å². The van der Waals surface area contributed by atoms with Gasteiger partial charge in [0.05, 0.1) is 13.0 Å². The molecular weight excluding hydrogens is 226 g/mol. The molecule has 3 nitrogen and oxygen atoms in total. The van der Waals surface area contributed by atoms with Crippen molar-refractivity contribution < 1.29 is 9.59 Å². The van der Waals surface area contributed by atoms with Crippen molar-refractivity contribution >= 4 is 23.3 Å². The van der Waals surface area contributed by atoms with E-state index >= 15 is 0 Å². The molecule has 1 aliphatic rings. The lowest BCUT2D eigenvalue weighted by Crippen LogP contribution is -2.27. The zero-order chi connectivity index (χ0) is 11.5. The van der Waals surface area contributed by atoms with E-state index in [1.165, 1.54) is 0 Å².